The first-order valence-electron chi connectivity index (χ1n) is 3.15. The molecular weight excluding hydrogens is 130 g/mol. The molecule has 0 amide bonds. The Labute approximate surface area is 59.9 Å². The van der Waals surface area contributed by atoms with Crippen LogP contribution in [-0.2, 0) is 0 Å². The third kappa shape index (κ3) is 1.30. The highest BCUT2D eigenvalue weighted by Crippen LogP contribution is 2.11. The van der Waals surface area contributed by atoms with E-state index >= 15 is 0 Å². The van der Waals surface area contributed by atoms with Gasteiger partial charge in [0.1, 0.15) is 5.76 Å². The molecule has 0 atom stereocenters. The smallest absolute Gasteiger partial charge is 0.120 e. The monoisotopic (exact) mass is 141 g/mol. The first-order valence-corrected chi connectivity index (χ1v) is 3.15. The molecule has 56 valence electrons. The molecule has 0 aromatic rings. The van der Waals surface area contributed by atoms with E-state index in [9.17, 15) is 0 Å². The Morgan fingerprint density at radius 2 is 2.40 bits per heavy atom. The van der Waals surface area contributed by atoms with Gasteiger partial charge >= 0.3 is 0 Å². The minimum atomic E-state index is -0.104. The van der Waals surface area contributed by atoms with Crippen molar-refractivity contribution in [3.63, 3.8) is 0 Å². The Morgan fingerprint density at radius 1 is 1.70 bits per heavy atom. The van der Waals surface area contributed by atoms with Gasteiger partial charge in [0.05, 0.1) is 6.61 Å². The van der Waals surface area contributed by atoms with Crippen molar-refractivity contribution < 1.29 is 10.2 Å². The third-order valence-corrected chi connectivity index (χ3v) is 1.45. The van der Waals surface area contributed by atoms with Crippen LogP contribution < -0.4 is 0 Å². The molecule has 0 aromatic heterocycles. The van der Waals surface area contributed by atoms with Gasteiger partial charge in [-0.2, -0.15) is 0 Å². The van der Waals surface area contributed by atoms with Gasteiger partial charge in [-0.25, -0.2) is 0 Å². The standard InChI is InChI=1S/C7H11NO2/c1-8-3-2-7(10)6(4-8)5-9/h2,4,9-10H,3,5H2,1H3. The van der Waals surface area contributed by atoms with Crippen molar-refractivity contribution in [2.24, 2.45) is 0 Å². The Hall–Kier alpha value is -0.960. The summed E-state index contributed by atoms with van der Waals surface area (Å²) in [6.07, 6.45) is 3.40. The zero-order valence-electron chi connectivity index (χ0n) is 5.91. The first kappa shape index (κ1) is 7.15. The lowest BCUT2D eigenvalue weighted by molar-refractivity contribution is 0.303. The summed E-state index contributed by atoms with van der Waals surface area (Å²) in [6.45, 7) is 0.599. The van der Waals surface area contributed by atoms with Crippen LogP contribution in [0.4, 0.5) is 0 Å². The number of rotatable bonds is 1. The molecule has 0 saturated carbocycles. The zero-order chi connectivity index (χ0) is 7.56. The maximum atomic E-state index is 9.09. The first-order chi connectivity index (χ1) is 4.74. The third-order valence-electron chi connectivity index (χ3n) is 1.45. The Morgan fingerprint density at radius 3 is 2.90 bits per heavy atom. The number of likely N-dealkylation sites (N-methyl/N-ethyl adjacent to an activating group) is 1. The summed E-state index contributed by atoms with van der Waals surface area (Å²) in [5.74, 6) is 0.195. The number of aliphatic hydroxyl groups is 2. The SMILES string of the molecule is CN1C=C(CO)C(O)=CC1. The van der Waals surface area contributed by atoms with Crippen LogP contribution in [0.1, 0.15) is 0 Å². The number of nitrogens with zero attached hydrogens (tertiary/aromatic N) is 1. The molecule has 3 nitrogen and oxygen atoms in total. The van der Waals surface area contributed by atoms with E-state index in [0.717, 1.165) is 0 Å². The highest BCUT2D eigenvalue weighted by molar-refractivity contribution is 5.27. The van der Waals surface area contributed by atoms with Gasteiger partial charge in [-0.3, -0.25) is 0 Å². The summed E-state index contributed by atoms with van der Waals surface area (Å²) < 4.78 is 0. The highest BCUT2D eigenvalue weighted by Gasteiger charge is 2.07. The Bertz CT molecular complexity index is 184. The van der Waals surface area contributed by atoms with Crippen LogP contribution in [0.3, 0.4) is 0 Å². The molecular formula is C7H11NO2. The lowest BCUT2D eigenvalue weighted by atomic mass is 10.2. The molecule has 0 saturated heterocycles. The molecule has 3 heteroatoms. The second kappa shape index (κ2) is 2.75. The lowest BCUT2D eigenvalue weighted by Gasteiger charge is -2.18. The van der Waals surface area contributed by atoms with Crippen LogP contribution in [0.15, 0.2) is 23.6 Å². The Balaban J connectivity index is 2.74. The molecule has 1 aliphatic rings. The van der Waals surface area contributed by atoms with Gasteiger partial charge in [-0.1, -0.05) is 0 Å². The van der Waals surface area contributed by atoms with Gasteiger partial charge in [-0.05, 0) is 6.08 Å². The second-order valence-electron chi connectivity index (χ2n) is 2.34. The van der Waals surface area contributed by atoms with Gasteiger partial charge in [0.15, 0.2) is 0 Å². The van der Waals surface area contributed by atoms with Crippen LogP contribution in [-0.4, -0.2) is 35.3 Å². The molecule has 0 radical (unpaired) electrons. The van der Waals surface area contributed by atoms with Crippen LogP contribution >= 0.6 is 0 Å². The maximum Gasteiger partial charge on any atom is 0.120 e. The van der Waals surface area contributed by atoms with Crippen LogP contribution in [0.5, 0.6) is 0 Å². The average Bonchev–Trinajstić information content (AvgIpc) is 1.94. The van der Waals surface area contributed by atoms with Crippen molar-refractivity contribution in [3.8, 4) is 0 Å². The van der Waals surface area contributed by atoms with Gasteiger partial charge in [-0.15, -0.1) is 0 Å². The van der Waals surface area contributed by atoms with E-state index < -0.39 is 0 Å². The van der Waals surface area contributed by atoms with Crippen LogP contribution in [0, 0.1) is 0 Å². The van der Waals surface area contributed by atoms with Crippen molar-refractivity contribution in [1.82, 2.24) is 4.90 Å². The van der Waals surface area contributed by atoms with Gasteiger partial charge < -0.3 is 15.1 Å². The summed E-state index contributed by atoms with van der Waals surface area (Å²) >= 11 is 0. The summed E-state index contributed by atoms with van der Waals surface area (Å²) in [5, 5.41) is 17.8. The number of hydrogen-bond donors (Lipinski definition) is 2. The second-order valence-corrected chi connectivity index (χ2v) is 2.34. The van der Waals surface area contributed by atoms with Crippen LogP contribution in [0.2, 0.25) is 0 Å². The van der Waals surface area contributed by atoms with E-state index in [0.29, 0.717) is 12.1 Å². The van der Waals surface area contributed by atoms with E-state index in [2.05, 4.69) is 0 Å². The quantitative estimate of drug-likeness (QED) is 0.550. The highest BCUT2D eigenvalue weighted by atomic mass is 16.3. The average molecular weight is 141 g/mol. The molecule has 0 bridgehead atoms. The largest absolute Gasteiger partial charge is 0.508 e. The van der Waals surface area contributed by atoms with Crippen molar-refractivity contribution in [1.29, 1.82) is 0 Å². The zero-order valence-corrected chi connectivity index (χ0v) is 5.91. The summed E-state index contributed by atoms with van der Waals surface area (Å²) in [7, 11) is 1.89. The lowest BCUT2D eigenvalue weighted by Crippen LogP contribution is -2.17. The fourth-order valence-electron chi connectivity index (χ4n) is 0.868. The normalized spacial score (nSPS) is 18.4. The van der Waals surface area contributed by atoms with Gasteiger partial charge in [0.2, 0.25) is 0 Å². The van der Waals surface area contributed by atoms with E-state index in [4.69, 9.17) is 10.2 Å². The minimum absolute atomic E-state index is 0.104. The van der Waals surface area contributed by atoms with Gasteiger partial charge in [0, 0.05) is 25.4 Å². The molecule has 0 spiro atoms. The molecule has 10 heavy (non-hydrogen) atoms. The van der Waals surface area contributed by atoms with Gasteiger partial charge in [0.25, 0.3) is 0 Å². The molecule has 2 N–H and O–H groups in total. The molecule has 0 aromatic carbocycles. The van der Waals surface area contributed by atoms with Crippen molar-refractivity contribution >= 4 is 0 Å². The molecule has 1 rings (SSSR count). The Kier molecular flexibility index (Phi) is 1.97. The minimum Gasteiger partial charge on any atom is -0.508 e. The number of aliphatic hydroxyl groups excluding tert-OH is 2. The van der Waals surface area contributed by atoms with E-state index in [-0.39, 0.29) is 12.4 Å². The summed E-state index contributed by atoms with van der Waals surface area (Å²) in [4.78, 5) is 1.89. The molecule has 0 fully saturated rings. The topological polar surface area (TPSA) is 43.7 Å². The van der Waals surface area contributed by atoms with E-state index in [1.807, 2.05) is 11.9 Å². The molecule has 1 aliphatic heterocycles. The van der Waals surface area contributed by atoms with E-state index in [1.54, 1.807) is 12.3 Å². The fourth-order valence-corrected chi connectivity index (χ4v) is 0.868. The van der Waals surface area contributed by atoms with Crippen molar-refractivity contribution in [2.45, 2.75) is 0 Å². The van der Waals surface area contributed by atoms with Crippen LogP contribution in [0.25, 0.3) is 0 Å². The van der Waals surface area contributed by atoms with Crippen molar-refractivity contribution in [3.05, 3.63) is 23.6 Å². The maximum absolute atomic E-state index is 9.09. The molecule has 0 unspecified atom stereocenters. The molecule has 1 heterocycles. The predicted octanol–water partition coefficient (Wildman–Crippen LogP) is 0.250. The summed E-state index contributed by atoms with van der Waals surface area (Å²) in [5.41, 5.74) is 0.578. The predicted molar refractivity (Wildman–Crippen MR) is 38.5 cm³/mol. The summed E-state index contributed by atoms with van der Waals surface area (Å²) in [6, 6.07) is 0. The molecule has 0 aliphatic carbocycles. The van der Waals surface area contributed by atoms with E-state index in [1.165, 1.54) is 0 Å². The number of hydrogen-bond acceptors (Lipinski definition) is 3. The van der Waals surface area contributed by atoms with Crippen molar-refractivity contribution in [2.75, 3.05) is 20.2 Å². The fraction of sp³-hybridized carbons (Fsp3) is 0.429.